The molecule has 0 unspecified atom stereocenters. The molecule has 1 aromatic carbocycles. The first-order valence-electron chi connectivity index (χ1n) is 6.05. The average Bonchev–Trinajstić information content (AvgIpc) is 2.33. The third kappa shape index (κ3) is 3.98. The minimum Gasteiger partial charge on any atom is -0.360 e. The highest BCUT2D eigenvalue weighted by molar-refractivity contribution is 7.80. The van der Waals surface area contributed by atoms with E-state index in [2.05, 4.69) is 22.6 Å². The maximum Gasteiger partial charge on any atom is 0.170 e. The van der Waals surface area contributed by atoms with Crippen LogP contribution in [0, 0.1) is 0 Å². The Labute approximate surface area is 108 Å². The molecule has 1 aliphatic rings. The van der Waals surface area contributed by atoms with Gasteiger partial charge in [0.05, 0.1) is 0 Å². The van der Waals surface area contributed by atoms with Crippen molar-refractivity contribution in [3.8, 4) is 0 Å². The van der Waals surface area contributed by atoms with Crippen LogP contribution in [-0.4, -0.2) is 36.2 Å². The molecule has 1 aliphatic heterocycles. The minimum atomic E-state index is 0.509. The summed E-state index contributed by atoms with van der Waals surface area (Å²) >= 11 is 5.31. The summed E-state index contributed by atoms with van der Waals surface area (Å²) in [7, 11) is 2.16. The van der Waals surface area contributed by atoms with Gasteiger partial charge in [-0.2, -0.15) is 0 Å². The van der Waals surface area contributed by atoms with E-state index in [1.165, 1.54) is 0 Å². The number of rotatable bonds is 2. The predicted octanol–water partition coefficient (Wildman–Crippen LogP) is 2.07. The number of benzene rings is 1. The number of likely N-dealkylation sites (tertiary alicyclic amines) is 1. The van der Waals surface area contributed by atoms with E-state index in [-0.39, 0.29) is 0 Å². The van der Waals surface area contributed by atoms with E-state index in [9.17, 15) is 0 Å². The molecule has 92 valence electrons. The Morgan fingerprint density at radius 2 is 1.88 bits per heavy atom. The molecule has 2 N–H and O–H groups in total. The summed E-state index contributed by atoms with van der Waals surface area (Å²) in [5, 5.41) is 7.32. The molecule has 2 rings (SSSR count). The van der Waals surface area contributed by atoms with Gasteiger partial charge in [-0.3, -0.25) is 0 Å². The van der Waals surface area contributed by atoms with Crippen LogP contribution >= 0.6 is 12.2 Å². The fourth-order valence-corrected chi connectivity index (χ4v) is 2.31. The molecule has 0 spiro atoms. The van der Waals surface area contributed by atoms with Gasteiger partial charge < -0.3 is 15.5 Å². The van der Waals surface area contributed by atoms with Crippen molar-refractivity contribution in [3.63, 3.8) is 0 Å². The van der Waals surface area contributed by atoms with E-state index in [0.29, 0.717) is 6.04 Å². The molecule has 0 atom stereocenters. The van der Waals surface area contributed by atoms with E-state index in [0.717, 1.165) is 36.7 Å². The number of piperidine rings is 1. The zero-order valence-corrected chi connectivity index (χ0v) is 11.0. The van der Waals surface area contributed by atoms with Crippen molar-refractivity contribution in [1.29, 1.82) is 0 Å². The van der Waals surface area contributed by atoms with Crippen LogP contribution in [0.1, 0.15) is 12.8 Å². The van der Waals surface area contributed by atoms with Crippen molar-refractivity contribution in [2.75, 3.05) is 25.5 Å². The minimum absolute atomic E-state index is 0.509. The number of hydrogen-bond donors (Lipinski definition) is 2. The molecule has 0 aromatic heterocycles. The summed E-state index contributed by atoms with van der Waals surface area (Å²) in [4.78, 5) is 2.35. The third-order valence-electron chi connectivity index (χ3n) is 3.09. The van der Waals surface area contributed by atoms with Crippen molar-refractivity contribution in [2.45, 2.75) is 18.9 Å². The number of nitrogens with one attached hydrogen (secondary N) is 2. The van der Waals surface area contributed by atoms with Crippen LogP contribution in [-0.2, 0) is 0 Å². The molecule has 0 aliphatic carbocycles. The molecule has 4 heteroatoms. The predicted molar refractivity (Wildman–Crippen MR) is 76.3 cm³/mol. The van der Waals surface area contributed by atoms with Gasteiger partial charge in [0.25, 0.3) is 0 Å². The number of thiocarbonyl (C=S) groups is 1. The Balaban J connectivity index is 1.78. The highest BCUT2D eigenvalue weighted by atomic mass is 32.1. The summed E-state index contributed by atoms with van der Waals surface area (Å²) in [6.07, 6.45) is 2.32. The first-order chi connectivity index (χ1) is 8.24. The smallest absolute Gasteiger partial charge is 0.170 e. The summed E-state index contributed by atoms with van der Waals surface area (Å²) in [6.45, 7) is 2.29. The lowest BCUT2D eigenvalue weighted by Gasteiger charge is -2.30. The topological polar surface area (TPSA) is 27.3 Å². The van der Waals surface area contributed by atoms with Crippen molar-refractivity contribution in [3.05, 3.63) is 30.3 Å². The lowest BCUT2D eigenvalue weighted by molar-refractivity contribution is 0.247. The quantitative estimate of drug-likeness (QED) is 0.785. The van der Waals surface area contributed by atoms with Gasteiger partial charge >= 0.3 is 0 Å². The normalized spacial score (nSPS) is 17.7. The molecule has 1 aromatic rings. The second-order valence-corrected chi connectivity index (χ2v) is 4.95. The van der Waals surface area contributed by atoms with Crippen LogP contribution in [0.2, 0.25) is 0 Å². The van der Waals surface area contributed by atoms with Gasteiger partial charge in [-0.15, -0.1) is 0 Å². The second kappa shape index (κ2) is 5.98. The molecule has 1 heterocycles. The van der Waals surface area contributed by atoms with Gasteiger partial charge in [-0.05, 0) is 57.3 Å². The number of nitrogens with zero attached hydrogens (tertiary/aromatic N) is 1. The average molecular weight is 249 g/mol. The van der Waals surface area contributed by atoms with Crippen molar-refractivity contribution < 1.29 is 0 Å². The van der Waals surface area contributed by atoms with Gasteiger partial charge in [0.1, 0.15) is 0 Å². The Kier molecular flexibility index (Phi) is 4.34. The standard InChI is InChI=1S/C13H19N3S/c1-16-9-7-12(8-10-16)15-13(17)14-11-5-3-2-4-6-11/h2-6,12H,7-10H2,1H3,(H2,14,15,17). The fourth-order valence-electron chi connectivity index (χ4n) is 2.03. The largest absolute Gasteiger partial charge is 0.360 e. The van der Waals surface area contributed by atoms with E-state index in [1.54, 1.807) is 0 Å². The maximum atomic E-state index is 5.31. The van der Waals surface area contributed by atoms with E-state index in [1.807, 2.05) is 30.3 Å². The first-order valence-corrected chi connectivity index (χ1v) is 6.46. The number of para-hydroxylation sites is 1. The lowest BCUT2D eigenvalue weighted by Crippen LogP contribution is -2.44. The van der Waals surface area contributed by atoms with Crippen LogP contribution < -0.4 is 10.6 Å². The molecule has 0 bridgehead atoms. The molecular formula is C13H19N3S. The van der Waals surface area contributed by atoms with Gasteiger partial charge in [-0.1, -0.05) is 18.2 Å². The monoisotopic (exact) mass is 249 g/mol. The second-order valence-electron chi connectivity index (χ2n) is 4.54. The zero-order chi connectivity index (χ0) is 12.1. The van der Waals surface area contributed by atoms with Gasteiger partial charge in [0.15, 0.2) is 5.11 Å². The van der Waals surface area contributed by atoms with Crippen LogP contribution in [0.4, 0.5) is 5.69 Å². The van der Waals surface area contributed by atoms with Crippen molar-refractivity contribution in [2.24, 2.45) is 0 Å². The summed E-state index contributed by atoms with van der Waals surface area (Å²) in [5.41, 5.74) is 1.04. The summed E-state index contributed by atoms with van der Waals surface area (Å²) in [5.74, 6) is 0. The van der Waals surface area contributed by atoms with Gasteiger partial charge in [0, 0.05) is 11.7 Å². The van der Waals surface area contributed by atoms with Crippen LogP contribution in [0.15, 0.2) is 30.3 Å². The number of hydrogen-bond acceptors (Lipinski definition) is 2. The third-order valence-corrected chi connectivity index (χ3v) is 3.31. The molecule has 0 amide bonds. The lowest BCUT2D eigenvalue weighted by atomic mass is 10.1. The maximum absolute atomic E-state index is 5.31. The Hall–Kier alpha value is -1.13. The zero-order valence-electron chi connectivity index (χ0n) is 10.1. The van der Waals surface area contributed by atoms with Crippen LogP contribution in [0.5, 0.6) is 0 Å². The molecule has 17 heavy (non-hydrogen) atoms. The van der Waals surface area contributed by atoms with E-state index >= 15 is 0 Å². The number of anilines is 1. The van der Waals surface area contributed by atoms with Gasteiger partial charge in [-0.25, -0.2) is 0 Å². The molecular weight excluding hydrogens is 230 g/mol. The highest BCUT2D eigenvalue weighted by Gasteiger charge is 2.16. The SMILES string of the molecule is CN1CCC(NC(=S)Nc2ccccc2)CC1. The molecule has 0 radical (unpaired) electrons. The van der Waals surface area contributed by atoms with E-state index in [4.69, 9.17) is 12.2 Å². The first kappa shape index (κ1) is 12.3. The molecule has 0 saturated carbocycles. The highest BCUT2D eigenvalue weighted by Crippen LogP contribution is 2.09. The van der Waals surface area contributed by atoms with E-state index < -0.39 is 0 Å². The molecule has 1 fully saturated rings. The van der Waals surface area contributed by atoms with Gasteiger partial charge in [0.2, 0.25) is 0 Å². The fraction of sp³-hybridized carbons (Fsp3) is 0.462. The molecule has 1 saturated heterocycles. The molecule has 3 nitrogen and oxygen atoms in total. The van der Waals surface area contributed by atoms with Crippen molar-refractivity contribution in [1.82, 2.24) is 10.2 Å². The van der Waals surface area contributed by atoms with Crippen LogP contribution in [0.3, 0.4) is 0 Å². The Morgan fingerprint density at radius 1 is 1.24 bits per heavy atom. The van der Waals surface area contributed by atoms with Crippen molar-refractivity contribution >= 4 is 23.0 Å². The summed E-state index contributed by atoms with van der Waals surface area (Å²) < 4.78 is 0. The van der Waals surface area contributed by atoms with Crippen LogP contribution in [0.25, 0.3) is 0 Å². The Morgan fingerprint density at radius 3 is 2.53 bits per heavy atom. The Bertz CT molecular complexity index is 358. The summed E-state index contributed by atoms with van der Waals surface area (Å²) in [6, 6.07) is 10.5.